The lowest BCUT2D eigenvalue weighted by Crippen LogP contribution is -1.94. The fraction of sp³-hybridized carbons (Fsp3) is 0.125. The summed E-state index contributed by atoms with van der Waals surface area (Å²) in [6, 6.07) is 22.0. The number of anilines is 1. The molecule has 0 aliphatic rings. The number of rotatable bonds is 4. The Labute approximate surface area is 164 Å². The third-order valence-corrected chi connectivity index (χ3v) is 5.03. The van der Waals surface area contributed by atoms with Crippen molar-refractivity contribution in [2.24, 2.45) is 0 Å². The van der Waals surface area contributed by atoms with Crippen molar-refractivity contribution in [3.63, 3.8) is 0 Å². The first kappa shape index (κ1) is 17.7. The number of benzene rings is 3. The van der Waals surface area contributed by atoms with Gasteiger partial charge in [0.15, 0.2) is 0 Å². The zero-order chi connectivity index (χ0) is 19.7. The van der Waals surface area contributed by atoms with Gasteiger partial charge in [-0.3, -0.25) is 0 Å². The van der Waals surface area contributed by atoms with E-state index in [4.69, 9.17) is 10.5 Å². The minimum Gasteiger partial charge on any atom is -0.494 e. The summed E-state index contributed by atoms with van der Waals surface area (Å²) in [4.78, 5) is 0. The smallest absolute Gasteiger partial charge is 0.119 e. The summed E-state index contributed by atoms with van der Waals surface area (Å²) in [5.41, 5.74) is 12.8. The Balaban J connectivity index is 1.96. The van der Waals surface area contributed by atoms with Crippen LogP contribution in [-0.2, 0) is 0 Å². The Morgan fingerprint density at radius 3 is 2.54 bits per heavy atom. The van der Waals surface area contributed by atoms with Crippen molar-refractivity contribution in [1.82, 2.24) is 4.57 Å². The quantitative estimate of drug-likeness (QED) is 0.487. The van der Waals surface area contributed by atoms with Crippen LogP contribution in [0.3, 0.4) is 0 Å². The molecule has 0 spiro atoms. The summed E-state index contributed by atoms with van der Waals surface area (Å²) in [5.74, 6) is 0.848. The maximum absolute atomic E-state index is 9.37. The monoisotopic (exact) mass is 367 g/mol. The van der Waals surface area contributed by atoms with Crippen LogP contribution in [0.1, 0.15) is 18.1 Å². The predicted molar refractivity (Wildman–Crippen MR) is 114 cm³/mol. The number of nitrogens with two attached hydrogens (primary N) is 1. The van der Waals surface area contributed by atoms with E-state index in [0.717, 1.165) is 44.7 Å². The number of fused-ring (bicyclic) bond motifs is 1. The first-order valence-electron chi connectivity index (χ1n) is 9.26. The molecule has 0 bridgehead atoms. The van der Waals surface area contributed by atoms with Gasteiger partial charge in [-0.2, -0.15) is 5.26 Å². The number of hydrogen-bond acceptors (Lipinski definition) is 3. The summed E-state index contributed by atoms with van der Waals surface area (Å²) in [7, 11) is 0. The first-order chi connectivity index (χ1) is 13.6. The van der Waals surface area contributed by atoms with Crippen LogP contribution in [0.15, 0.2) is 66.9 Å². The van der Waals surface area contributed by atoms with Crippen LogP contribution in [-0.4, -0.2) is 11.2 Å². The molecule has 0 saturated heterocycles. The molecule has 0 fully saturated rings. The molecule has 0 radical (unpaired) electrons. The van der Waals surface area contributed by atoms with Crippen LogP contribution in [0.25, 0.3) is 27.7 Å². The van der Waals surface area contributed by atoms with E-state index in [-0.39, 0.29) is 0 Å². The molecule has 0 amide bonds. The van der Waals surface area contributed by atoms with Crippen LogP contribution in [0.2, 0.25) is 0 Å². The highest BCUT2D eigenvalue weighted by Crippen LogP contribution is 2.36. The fourth-order valence-corrected chi connectivity index (χ4v) is 3.54. The molecule has 0 saturated carbocycles. The normalized spacial score (nSPS) is 10.8. The topological polar surface area (TPSA) is 64.0 Å². The van der Waals surface area contributed by atoms with Gasteiger partial charge < -0.3 is 15.0 Å². The van der Waals surface area contributed by atoms with E-state index in [0.29, 0.717) is 12.2 Å². The zero-order valence-corrected chi connectivity index (χ0v) is 15.9. The van der Waals surface area contributed by atoms with Crippen molar-refractivity contribution in [3.8, 4) is 28.6 Å². The molecule has 4 aromatic rings. The van der Waals surface area contributed by atoms with Crippen molar-refractivity contribution in [3.05, 3.63) is 78.0 Å². The number of nitriles is 1. The highest BCUT2D eigenvalue weighted by molar-refractivity contribution is 5.99. The van der Waals surface area contributed by atoms with Crippen molar-refractivity contribution in [2.45, 2.75) is 13.8 Å². The Morgan fingerprint density at radius 1 is 1.04 bits per heavy atom. The molecule has 28 heavy (non-hydrogen) atoms. The van der Waals surface area contributed by atoms with E-state index in [2.05, 4.69) is 22.9 Å². The maximum Gasteiger partial charge on any atom is 0.119 e. The lowest BCUT2D eigenvalue weighted by molar-refractivity contribution is 0.340. The van der Waals surface area contributed by atoms with Crippen molar-refractivity contribution < 1.29 is 4.74 Å². The minimum atomic E-state index is 0.639. The molecule has 138 valence electrons. The fourth-order valence-electron chi connectivity index (χ4n) is 3.54. The van der Waals surface area contributed by atoms with Crippen molar-refractivity contribution in [1.29, 1.82) is 5.26 Å². The van der Waals surface area contributed by atoms with Crippen LogP contribution < -0.4 is 10.5 Å². The van der Waals surface area contributed by atoms with Gasteiger partial charge in [0.25, 0.3) is 0 Å². The molecule has 1 heterocycles. The van der Waals surface area contributed by atoms with Gasteiger partial charge in [-0.1, -0.05) is 12.1 Å². The van der Waals surface area contributed by atoms with Gasteiger partial charge in [-0.25, -0.2) is 0 Å². The highest BCUT2D eigenvalue weighted by atomic mass is 16.5. The first-order valence-corrected chi connectivity index (χ1v) is 9.26. The Bertz CT molecular complexity index is 1200. The molecule has 0 aliphatic heterocycles. The molecule has 4 rings (SSSR count). The number of nitrogens with zero attached hydrogens (tertiary/aromatic N) is 2. The highest BCUT2D eigenvalue weighted by Gasteiger charge is 2.15. The molecular weight excluding hydrogens is 346 g/mol. The van der Waals surface area contributed by atoms with Gasteiger partial charge in [0.1, 0.15) is 5.75 Å². The van der Waals surface area contributed by atoms with Gasteiger partial charge in [0.2, 0.25) is 0 Å². The van der Waals surface area contributed by atoms with Gasteiger partial charge in [-0.15, -0.1) is 0 Å². The molecule has 0 unspecified atom stereocenters. The third kappa shape index (κ3) is 2.97. The molecule has 4 nitrogen and oxygen atoms in total. The summed E-state index contributed by atoms with van der Waals surface area (Å²) in [6.45, 7) is 4.64. The lowest BCUT2D eigenvalue weighted by atomic mass is 9.98. The number of hydrogen-bond donors (Lipinski definition) is 1. The van der Waals surface area contributed by atoms with Gasteiger partial charge >= 0.3 is 0 Å². The van der Waals surface area contributed by atoms with E-state index < -0.39 is 0 Å². The molecule has 3 aromatic carbocycles. The molecule has 2 N–H and O–H groups in total. The number of nitrogen functional groups attached to an aromatic ring is 1. The van der Waals surface area contributed by atoms with Crippen LogP contribution in [0.5, 0.6) is 5.75 Å². The van der Waals surface area contributed by atoms with Crippen molar-refractivity contribution in [2.75, 3.05) is 12.3 Å². The number of ether oxygens (including phenoxy) is 1. The molecule has 4 heteroatoms. The largest absolute Gasteiger partial charge is 0.494 e. The predicted octanol–water partition coefficient (Wildman–Crippen LogP) is 5.46. The molecule has 1 aromatic heterocycles. The second-order valence-corrected chi connectivity index (χ2v) is 6.70. The Kier molecular flexibility index (Phi) is 4.50. The second-order valence-electron chi connectivity index (χ2n) is 6.70. The van der Waals surface area contributed by atoms with Crippen LogP contribution >= 0.6 is 0 Å². The van der Waals surface area contributed by atoms with E-state index >= 15 is 0 Å². The van der Waals surface area contributed by atoms with Crippen molar-refractivity contribution >= 4 is 16.6 Å². The average molecular weight is 367 g/mol. The SMILES string of the molecule is CCOc1ccc(-n2cc(-c3cccc(N)c3C)c3cc(C#N)ccc32)cc1. The molecule has 0 atom stereocenters. The molecule has 0 aliphatic carbocycles. The summed E-state index contributed by atoms with van der Waals surface area (Å²) in [5, 5.41) is 10.4. The molecular formula is C24H21N3O. The number of aromatic nitrogens is 1. The lowest BCUT2D eigenvalue weighted by Gasteiger charge is -2.08. The third-order valence-electron chi connectivity index (χ3n) is 5.03. The van der Waals surface area contributed by atoms with Gasteiger partial charge in [-0.05, 0) is 73.5 Å². The summed E-state index contributed by atoms with van der Waals surface area (Å²) < 4.78 is 7.70. The van der Waals surface area contributed by atoms with Crippen LogP contribution in [0.4, 0.5) is 5.69 Å². The van der Waals surface area contributed by atoms with E-state index in [1.54, 1.807) is 0 Å². The van der Waals surface area contributed by atoms with Gasteiger partial charge in [0.05, 0.1) is 23.8 Å². The van der Waals surface area contributed by atoms with E-state index in [9.17, 15) is 5.26 Å². The van der Waals surface area contributed by atoms with E-state index in [1.165, 1.54) is 0 Å². The Hall–Kier alpha value is -3.71. The average Bonchev–Trinajstić information content (AvgIpc) is 3.09. The van der Waals surface area contributed by atoms with Crippen LogP contribution in [0, 0.1) is 18.3 Å². The summed E-state index contributed by atoms with van der Waals surface area (Å²) in [6.07, 6.45) is 2.11. The summed E-state index contributed by atoms with van der Waals surface area (Å²) >= 11 is 0. The second kappa shape index (κ2) is 7.13. The Morgan fingerprint density at radius 2 is 1.82 bits per heavy atom. The maximum atomic E-state index is 9.37. The van der Waals surface area contributed by atoms with Gasteiger partial charge in [0, 0.05) is 28.5 Å². The standard InChI is InChI=1S/C24H21N3O/c1-3-28-19-10-8-18(9-11-19)27-15-22(20-5-4-6-23(26)16(20)2)21-13-17(14-25)7-12-24(21)27/h4-13,15H,3,26H2,1-2H3. The zero-order valence-electron chi connectivity index (χ0n) is 15.9. The minimum absolute atomic E-state index is 0.639. The van der Waals surface area contributed by atoms with E-state index in [1.807, 2.05) is 68.4 Å².